The van der Waals surface area contributed by atoms with Gasteiger partial charge in [-0.1, -0.05) is 23.2 Å². The van der Waals surface area contributed by atoms with Crippen LogP contribution in [0.1, 0.15) is 18.4 Å². The van der Waals surface area contributed by atoms with E-state index in [4.69, 9.17) is 27.9 Å². The highest BCUT2D eigenvalue weighted by Gasteiger charge is 2.41. The molecule has 29 heavy (non-hydrogen) atoms. The van der Waals surface area contributed by atoms with E-state index in [1.165, 1.54) is 22.5 Å². The molecule has 2 heterocycles. The number of sulfonamides is 1. The molecule has 2 aromatic carbocycles. The summed E-state index contributed by atoms with van der Waals surface area (Å²) in [6.45, 7) is 1.77. The Hall–Kier alpha value is -1.82. The number of ether oxygens (including phenoxy) is 1. The molecule has 0 saturated carbocycles. The highest BCUT2D eigenvalue weighted by Crippen LogP contribution is 2.36. The normalized spacial score (nSPS) is 22.1. The van der Waals surface area contributed by atoms with Crippen molar-refractivity contribution in [3.8, 4) is 17.6 Å². The maximum absolute atomic E-state index is 13.4. The standard InChI is InChI=1S/C20H19Cl2N3O3S/c21-15-7-16(22)9-17(8-15)28-19-4-3-13(10-23)6-20(19)29(26,27)25-11-14-2-1-5-24-18(14)12-25/h3-4,6-9,14,18,24H,1-2,5,11-12H2/t14-,18+/m0/s1. The molecule has 2 saturated heterocycles. The summed E-state index contributed by atoms with van der Waals surface area (Å²) < 4.78 is 34.2. The van der Waals surface area contributed by atoms with E-state index in [-0.39, 0.29) is 22.3 Å². The fourth-order valence-corrected chi connectivity index (χ4v) is 6.09. The first kappa shape index (κ1) is 20.5. The summed E-state index contributed by atoms with van der Waals surface area (Å²) in [7, 11) is -3.85. The van der Waals surface area contributed by atoms with Gasteiger partial charge in [0.2, 0.25) is 10.0 Å². The van der Waals surface area contributed by atoms with Crippen molar-refractivity contribution < 1.29 is 13.2 Å². The lowest BCUT2D eigenvalue weighted by molar-refractivity contribution is 0.339. The van der Waals surface area contributed by atoms with Crippen LogP contribution in [0.3, 0.4) is 0 Å². The van der Waals surface area contributed by atoms with Gasteiger partial charge >= 0.3 is 0 Å². The van der Waals surface area contributed by atoms with Crippen LogP contribution in [0.5, 0.6) is 11.5 Å². The number of nitriles is 1. The molecule has 2 atom stereocenters. The minimum Gasteiger partial charge on any atom is -0.456 e. The fraction of sp³-hybridized carbons (Fsp3) is 0.350. The van der Waals surface area contributed by atoms with Crippen LogP contribution in [-0.4, -0.2) is 38.4 Å². The Balaban J connectivity index is 1.71. The Kier molecular flexibility index (Phi) is 5.74. The van der Waals surface area contributed by atoms with E-state index in [9.17, 15) is 13.7 Å². The van der Waals surface area contributed by atoms with Gasteiger partial charge in [-0.3, -0.25) is 0 Å². The van der Waals surface area contributed by atoms with Crippen molar-refractivity contribution in [2.45, 2.75) is 23.8 Å². The second-order valence-corrected chi connectivity index (χ2v) is 10.0. The molecule has 0 radical (unpaired) electrons. The van der Waals surface area contributed by atoms with E-state index in [1.807, 2.05) is 6.07 Å². The molecule has 0 aromatic heterocycles. The van der Waals surface area contributed by atoms with E-state index in [1.54, 1.807) is 18.2 Å². The summed E-state index contributed by atoms with van der Waals surface area (Å²) >= 11 is 12.1. The Morgan fingerprint density at radius 1 is 1.14 bits per heavy atom. The molecule has 0 bridgehead atoms. The van der Waals surface area contributed by atoms with Gasteiger partial charge in [0.05, 0.1) is 11.6 Å². The van der Waals surface area contributed by atoms with E-state index in [2.05, 4.69) is 5.32 Å². The molecule has 2 aliphatic heterocycles. The third-order valence-electron chi connectivity index (χ3n) is 5.32. The average molecular weight is 452 g/mol. The predicted octanol–water partition coefficient (Wildman–Crippen LogP) is 4.03. The second kappa shape index (κ2) is 8.13. The first-order valence-corrected chi connectivity index (χ1v) is 11.5. The highest BCUT2D eigenvalue weighted by atomic mass is 35.5. The first-order valence-electron chi connectivity index (χ1n) is 9.28. The zero-order valence-electron chi connectivity index (χ0n) is 15.4. The van der Waals surface area contributed by atoms with E-state index in [0.29, 0.717) is 34.8 Å². The van der Waals surface area contributed by atoms with Crippen molar-refractivity contribution in [3.63, 3.8) is 0 Å². The van der Waals surface area contributed by atoms with Gasteiger partial charge in [-0.15, -0.1) is 0 Å². The van der Waals surface area contributed by atoms with Gasteiger partial charge in [0.25, 0.3) is 0 Å². The number of hydrogen-bond donors (Lipinski definition) is 1. The SMILES string of the molecule is N#Cc1ccc(Oc2cc(Cl)cc(Cl)c2)c(S(=O)(=O)N2C[C@@H]3CCCN[C@@H]3C2)c1. The number of hydrogen-bond acceptors (Lipinski definition) is 5. The fourth-order valence-electron chi connectivity index (χ4n) is 3.92. The number of halogens is 2. The van der Waals surface area contributed by atoms with Gasteiger partial charge in [-0.2, -0.15) is 9.57 Å². The molecular weight excluding hydrogens is 433 g/mol. The number of benzene rings is 2. The lowest BCUT2D eigenvalue weighted by Crippen LogP contribution is -2.41. The molecule has 2 aromatic rings. The Labute approximate surface area is 180 Å². The minimum absolute atomic E-state index is 0.0358. The number of piperidine rings is 1. The molecule has 0 unspecified atom stereocenters. The molecule has 0 amide bonds. The molecule has 1 N–H and O–H groups in total. The zero-order chi connectivity index (χ0) is 20.6. The number of nitrogens with one attached hydrogen (secondary N) is 1. The summed E-state index contributed by atoms with van der Waals surface area (Å²) in [5, 5.41) is 13.4. The predicted molar refractivity (Wildman–Crippen MR) is 111 cm³/mol. The van der Waals surface area contributed by atoms with Crippen LogP contribution in [-0.2, 0) is 10.0 Å². The van der Waals surface area contributed by atoms with Crippen molar-refractivity contribution >= 4 is 33.2 Å². The Morgan fingerprint density at radius 3 is 2.59 bits per heavy atom. The van der Waals surface area contributed by atoms with Gasteiger partial charge in [0.1, 0.15) is 16.4 Å². The third-order valence-corrected chi connectivity index (χ3v) is 7.61. The van der Waals surface area contributed by atoms with Crippen LogP contribution >= 0.6 is 23.2 Å². The molecule has 6 nitrogen and oxygen atoms in total. The molecular formula is C20H19Cl2N3O3S. The molecule has 152 valence electrons. The minimum atomic E-state index is -3.85. The topological polar surface area (TPSA) is 82.4 Å². The molecule has 9 heteroatoms. The van der Waals surface area contributed by atoms with Crippen LogP contribution in [0.25, 0.3) is 0 Å². The first-order chi connectivity index (χ1) is 13.9. The molecule has 2 aliphatic rings. The van der Waals surface area contributed by atoms with Crippen molar-refractivity contribution in [3.05, 3.63) is 52.0 Å². The lowest BCUT2D eigenvalue weighted by atomic mass is 9.94. The second-order valence-electron chi connectivity index (χ2n) is 7.27. The summed E-state index contributed by atoms with van der Waals surface area (Å²) in [6, 6.07) is 11.2. The maximum atomic E-state index is 13.4. The summed E-state index contributed by atoms with van der Waals surface area (Å²) in [4.78, 5) is -0.0358. The molecule has 4 rings (SSSR count). The highest BCUT2D eigenvalue weighted by molar-refractivity contribution is 7.89. The Bertz CT molecular complexity index is 1050. The maximum Gasteiger partial charge on any atom is 0.246 e. The summed E-state index contributed by atoms with van der Waals surface area (Å²) in [5.41, 5.74) is 0.245. The number of nitrogens with zero attached hydrogens (tertiary/aromatic N) is 2. The van der Waals surface area contributed by atoms with Crippen LogP contribution < -0.4 is 10.1 Å². The van der Waals surface area contributed by atoms with Gasteiger partial charge in [0.15, 0.2) is 0 Å². The van der Waals surface area contributed by atoms with Crippen LogP contribution in [0.15, 0.2) is 41.3 Å². The monoisotopic (exact) mass is 451 g/mol. The largest absolute Gasteiger partial charge is 0.456 e. The average Bonchev–Trinajstić information content (AvgIpc) is 3.12. The van der Waals surface area contributed by atoms with Gasteiger partial charge in [0, 0.05) is 29.2 Å². The molecule has 0 spiro atoms. The zero-order valence-corrected chi connectivity index (χ0v) is 17.8. The van der Waals surface area contributed by atoms with Gasteiger partial charge < -0.3 is 10.1 Å². The van der Waals surface area contributed by atoms with Gasteiger partial charge in [-0.05, 0) is 61.7 Å². The van der Waals surface area contributed by atoms with Crippen molar-refractivity contribution in [2.24, 2.45) is 5.92 Å². The van der Waals surface area contributed by atoms with E-state index in [0.717, 1.165) is 19.4 Å². The summed E-state index contributed by atoms with van der Waals surface area (Å²) in [5.74, 6) is 0.749. The lowest BCUT2D eigenvalue weighted by Gasteiger charge is -2.24. The smallest absolute Gasteiger partial charge is 0.246 e. The number of rotatable bonds is 4. The quantitative estimate of drug-likeness (QED) is 0.758. The van der Waals surface area contributed by atoms with Crippen molar-refractivity contribution in [1.82, 2.24) is 9.62 Å². The van der Waals surface area contributed by atoms with Gasteiger partial charge in [-0.25, -0.2) is 8.42 Å². The molecule has 2 fully saturated rings. The third kappa shape index (κ3) is 4.23. The summed E-state index contributed by atoms with van der Waals surface area (Å²) in [6.07, 6.45) is 2.05. The van der Waals surface area contributed by atoms with E-state index < -0.39 is 10.0 Å². The van der Waals surface area contributed by atoms with E-state index >= 15 is 0 Å². The molecule has 0 aliphatic carbocycles. The van der Waals surface area contributed by atoms with Crippen LogP contribution in [0, 0.1) is 17.2 Å². The number of fused-ring (bicyclic) bond motifs is 1. The van der Waals surface area contributed by atoms with Crippen LogP contribution in [0.2, 0.25) is 10.0 Å². The van der Waals surface area contributed by atoms with Crippen LogP contribution in [0.4, 0.5) is 0 Å². The van der Waals surface area contributed by atoms with Crippen molar-refractivity contribution in [1.29, 1.82) is 5.26 Å². The van der Waals surface area contributed by atoms with Crippen molar-refractivity contribution in [2.75, 3.05) is 19.6 Å². The Morgan fingerprint density at radius 2 is 1.90 bits per heavy atom.